The second-order valence-electron chi connectivity index (χ2n) is 5.01. The highest BCUT2D eigenvalue weighted by Gasteiger charge is 2.12. The van der Waals surface area contributed by atoms with E-state index in [2.05, 4.69) is 31.2 Å². The molecule has 1 aromatic carbocycles. The van der Waals surface area contributed by atoms with E-state index in [0.29, 0.717) is 17.1 Å². The number of benzene rings is 1. The number of aromatic nitrogens is 2. The lowest BCUT2D eigenvalue weighted by atomic mass is 10.1. The number of anilines is 1. The average molecular weight is 368 g/mol. The van der Waals surface area contributed by atoms with Crippen LogP contribution in [0.5, 0.6) is 0 Å². The lowest BCUT2D eigenvalue weighted by Crippen LogP contribution is -2.15. The molecular formula is C18H14BrN3O. The van der Waals surface area contributed by atoms with Crippen LogP contribution in [0.4, 0.5) is 5.82 Å². The molecule has 23 heavy (non-hydrogen) atoms. The second kappa shape index (κ2) is 6.71. The van der Waals surface area contributed by atoms with Crippen molar-refractivity contribution < 1.29 is 4.79 Å². The first kappa shape index (κ1) is 15.4. The van der Waals surface area contributed by atoms with E-state index in [1.165, 1.54) is 0 Å². The summed E-state index contributed by atoms with van der Waals surface area (Å²) in [4.78, 5) is 21.0. The molecule has 2 aromatic heterocycles. The molecule has 0 saturated carbocycles. The monoisotopic (exact) mass is 367 g/mol. The third kappa shape index (κ3) is 3.63. The van der Waals surface area contributed by atoms with Crippen molar-refractivity contribution >= 4 is 27.7 Å². The number of pyridine rings is 2. The van der Waals surface area contributed by atoms with E-state index in [9.17, 15) is 4.79 Å². The van der Waals surface area contributed by atoms with Gasteiger partial charge in [0.25, 0.3) is 5.91 Å². The number of rotatable bonds is 3. The van der Waals surface area contributed by atoms with Gasteiger partial charge in [0.05, 0.1) is 17.0 Å². The van der Waals surface area contributed by atoms with Crippen LogP contribution in [0.2, 0.25) is 0 Å². The Morgan fingerprint density at radius 1 is 1.09 bits per heavy atom. The van der Waals surface area contributed by atoms with E-state index in [-0.39, 0.29) is 5.91 Å². The predicted octanol–water partition coefficient (Wildman–Crippen LogP) is 4.47. The quantitative estimate of drug-likeness (QED) is 0.742. The fourth-order valence-electron chi connectivity index (χ4n) is 2.23. The molecule has 0 unspecified atom stereocenters. The van der Waals surface area contributed by atoms with Gasteiger partial charge in [-0.25, -0.2) is 4.98 Å². The maximum Gasteiger partial charge on any atom is 0.258 e. The van der Waals surface area contributed by atoms with E-state index in [0.717, 1.165) is 15.7 Å². The van der Waals surface area contributed by atoms with Gasteiger partial charge in [0.15, 0.2) is 0 Å². The topological polar surface area (TPSA) is 54.9 Å². The summed E-state index contributed by atoms with van der Waals surface area (Å²) in [7, 11) is 0. The molecule has 5 heteroatoms. The van der Waals surface area contributed by atoms with E-state index in [4.69, 9.17) is 0 Å². The van der Waals surface area contributed by atoms with Gasteiger partial charge in [-0.2, -0.15) is 0 Å². The molecule has 2 heterocycles. The minimum Gasteiger partial charge on any atom is -0.307 e. The molecule has 4 nitrogen and oxygen atoms in total. The Bertz CT molecular complexity index is 850. The number of nitrogens with one attached hydrogen (secondary N) is 1. The number of hydrogen-bond acceptors (Lipinski definition) is 3. The Morgan fingerprint density at radius 3 is 2.65 bits per heavy atom. The summed E-state index contributed by atoms with van der Waals surface area (Å²) in [6.45, 7) is 1.83. The Hall–Kier alpha value is -2.53. The van der Waals surface area contributed by atoms with Crippen LogP contribution in [-0.4, -0.2) is 15.9 Å². The molecule has 0 atom stereocenters. The zero-order chi connectivity index (χ0) is 16.2. The molecule has 0 fully saturated rings. The Kier molecular flexibility index (Phi) is 4.48. The number of hydrogen-bond donors (Lipinski definition) is 1. The summed E-state index contributed by atoms with van der Waals surface area (Å²) in [6, 6.07) is 16.9. The number of nitrogens with zero attached hydrogens (tertiary/aromatic N) is 2. The molecule has 3 rings (SSSR count). The van der Waals surface area contributed by atoms with Crippen molar-refractivity contribution in [2.45, 2.75) is 6.92 Å². The predicted molar refractivity (Wildman–Crippen MR) is 94.3 cm³/mol. The van der Waals surface area contributed by atoms with Crippen molar-refractivity contribution in [1.82, 2.24) is 9.97 Å². The van der Waals surface area contributed by atoms with Gasteiger partial charge in [-0.3, -0.25) is 9.78 Å². The number of halogens is 1. The van der Waals surface area contributed by atoms with Crippen LogP contribution < -0.4 is 5.32 Å². The molecule has 0 aliphatic carbocycles. The van der Waals surface area contributed by atoms with Crippen molar-refractivity contribution in [3.63, 3.8) is 0 Å². The highest BCUT2D eigenvalue weighted by molar-refractivity contribution is 9.10. The summed E-state index contributed by atoms with van der Waals surface area (Å²) < 4.78 is 0.992. The molecule has 0 aliphatic rings. The molecule has 0 aliphatic heterocycles. The normalized spacial score (nSPS) is 10.3. The van der Waals surface area contributed by atoms with E-state index in [1.54, 1.807) is 24.4 Å². The zero-order valence-corrected chi connectivity index (χ0v) is 14.0. The summed E-state index contributed by atoms with van der Waals surface area (Å²) in [6.07, 6.45) is 1.64. The minimum atomic E-state index is -0.213. The van der Waals surface area contributed by atoms with Gasteiger partial charge < -0.3 is 5.32 Å². The molecular weight excluding hydrogens is 354 g/mol. The van der Waals surface area contributed by atoms with Crippen LogP contribution in [-0.2, 0) is 0 Å². The van der Waals surface area contributed by atoms with Crippen molar-refractivity contribution in [2.75, 3.05) is 5.32 Å². The Labute approximate surface area is 142 Å². The Balaban J connectivity index is 1.86. The van der Waals surface area contributed by atoms with Crippen LogP contribution in [0, 0.1) is 6.92 Å². The Morgan fingerprint density at radius 2 is 1.96 bits per heavy atom. The number of aryl methyl sites for hydroxylation is 1. The third-order valence-corrected chi connectivity index (χ3v) is 3.85. The van der Waals surface area contributed by atoms with Crippen molar-refractivity contribution in [3.8, 4) is 11.3 Å². The van der Waals surface area contributed by atoms with Crippen LogP contribution >= 0.6 is 15.9 Å². The lowest BCUT2D eigenvalue weighted by molar-refractivity contribution is 0.102. The van der Waals surface area contributed by atoms with E-state index >= 15 is 0 Å². The average Bonchev–Trinajstić information content (AvgIpc) is 2.55. The number of amides is 1. The first-order chi connectivity index (χ1) is 11.1. The zero-order valence-electron chi connectivity index (χ0n) is 12.5. The van der Waals surface area contributed by atoms with Crippen LogP contribution in [0.15, 0.2) is 65.3 Å². The first-order valence-corrected chi connectivity index (χ1v) is 7.89. The highest BCUT2D eigenvalue weighted by Crippen LogP contribution is 2.22. The molecule has 0 bridgehead atoms. The fraction of sp³-hybridized carbons (Fsp3) is 0.0556. The van der Waals surface area contributed by atoms with Gasteiger partial charge in [-0.1, -0.05) is 34.1 Å². The molecule has 3 aromatic rings. The van der Waals surface area contributed by atoms with Gasteiger partial charge in [0.2, 0.25) is 0 Å². The van der Waals surface area contributed by atoms with Crippen molar-refractivity contribution in [2.24, 2.45) is 0 Å². The highest BCUT2D eigenvalue weighted by atomic mass is 79.9. The van der Waals surface area contributed by atoms with Gasteiger partial charge >= 0.3 is 0 Å². The van der Waals surface area contributed by atoms with Gasteiger partial charge in [0, 0.05) is 16.2 Å². The van der Waals surface area contributed by atoms with Crippen LogP contribution in [0.25, 0.3) is 11.3 Å². The molecule has 0 saturated heterocycles. The van der Waals surface area contributed by atoms with Gasteiger partial charge in [-0.05, 0) is 43.3 Å². The number of carbonyl (C=O) groups is 1. The standard InChI is InChI=1S/C18H14BrN3O/c1-12-15(18(23)22-17-7-2-3-10-20-17)8-9-16(21-12)13-5-4-6-14(19)11-13/h2-11H,1H3,(H,20,22,23). The lowest BCUT2D eigenvalue weighted by Gasteiger charge is -2.09. The van der Waals surface area contributed by atoms with Crippen LogP contribution in [0.1, 0.15) is 16.1 Å². The first-order valence-electron chi connectivity index (χ1n) is 7.09. The molecule has 0 radical (unpaired) electrons. The SMILES string of the molecule is Cc1nc(-c2cccc(Br)c2)ccc1C(=O)Nc1ccccn1. The van der Waals surface area contributed by atoms with Crippen molar-refractivity contribution in [1.29, 1.82) is 0 Å². The van der Waals surface area contributed by atoms with Gasteiger partial charge in [-0.15, -0.1) is 0 Å². The third-order valence-electron chi connectivity index (χ3n) is 3.36. The van der Waals surface area contributed by atoms with Crippen molar-refractivity contribution in [3.05, 3.63) is 76.5 Å². The maximum absolute atomic E-state index is 12.3. The second-order valence-corrected chi connectivity index (χ2v) is 5.92. The number of carbonyl (C=O) groups excluding carboxylic acids is 1. The summed E-state index contributed by atoms with van der Waals surface area (Å²) in [5, 5.41) is 2.77. The summed E-state index contributed by atoms with van der Waals surface area (Å²) in [5.41, 5.74) is 3.04. The molecule has 1 N–H and O–H groups in total. The summed E-state index contributed by atoms with van der Waals surface area (Å²) >= 11 is 3.45. The maximum atomic E-state index is 12.3. The minimum absolute atomic E-state index is 0.213. The van der Waals surface area contributed by atoms with E-state index < -0.39 is 0 Å². The largest absolute Gasteiger partial charge is 0.307 e. The fourth-order valence-corrected chi connectivity index (χ4v) is 2.63. The summed E-state index contributed by atoms with van der Waals surface area (Å²) in [5.74, 6) is 0.308. The molecule has 1 amide bonds. The van der Waals surface area contributed by atoms with E-state index in [1.807, 2.05) is 43.3 Å². The van der Waals surface area contributed by atoms with Crippen LogP contribution in [0.3, 0.4) is 0 Å². The molecule has 0 spiro atoms. The van der Waals surface area contributed by atoms with Gasteiger partial charge in [0.1, 0.15) is 5.82 Å². The smallest absolute Gasteiger partial charge is 0.258 e. The molecule has 114 valence electrons.